The third kappa shape index (κ3) is 3.46. The molecule has 106 valence electrons. The van der Waals surface area contributed by atoms with Gasteiger partial charge in [0.05, 0.1) is 0 Å². The van der Waals surface area contributed by atoms with Gasteiger partial charge in [0.25, 0.3) is 0 Å². The van der Waals surface area contributed by atoms with E-state index in [0.717, 1.165) is 24.4 Å². The van der Waals surface area contributed by atoms with Gasteiger partial charge in [0.2, 0.25) is 0 Å². The standard InChI is InChI=1S/C15H31N3/c1-12-8-13(2)10-15(9-12)18-6-4-17(5-7-18)14(3)11-16/h12-15H,4-11,16H2,1-3H3. The van der Waals surface area contributed by atoms with E-state index in [2.05, 4.69) is 30.6 Å². The molecular formula is C15H31N3. The monoisotopic (exact) mass is 253 g/mol. The summed E-state index contributed by atoms with van der Waals surface area (Å²) in [5.74, 6) is 1.83. The molecule has 3 unspecified atom stereocenters. The number of nitrogens with zero attached hydrogens (tertiary/aromatic N) is 2. The zero-order valence-corrected chi connectivity index (χ0v) is 12.4. The molecule has 0 aromatic rings. The van der Waals surface area contributed by atoms with E-state index in [9.17, 15) is 0 Å². The summed E-state index contributed by atoms with van der Waals surface area (Å²) in [4.78, 5) is 5.29. The highest BCUT2D eigenvalue weighted by Crippen LogP contribution is 2.31. The van der Waals surface area contributed by atoms with Gasteiger partial charge in [-0.25, -0.2) is 0 Å². The molecule has 2 N–H and O–H groups in total. The fraction of sp³-hybridized carbons (Fsp3) is 1.00. The number of rotatable bonds is 3. The van der Waals surface area contributed by atoms with Crippen molar-refractivity contribution in [2.45, 2.75) is 52.1 Å². The van der Waals surface area contributed by atoms with Crippen LogP contribution in [0.15, 0.2) is 0 Å². The van der Waals surface area contributed by atoms with Gasteiger partial charge in [-0.05, 0) is 38.0 Å². The van der Waals surface area contributed by atoms with E-state index in [0.29, 0.717) is 6.04 Å². The summed E-state index contributed by atoms with van der Waals surface area (Å²) in [5, 5.41) is 0. The molecule has 0 radical (unpaired) electrons. The Hall–Kier alpha value is -0.120. The summed E-state index contributed by atoms with van der Waals surface area (Å²) in [6, 6.07) is 1.40. The van der Waals surface area contributed by atoms with E-state index in [1.807, 2.05) is 0 Å². The molecule has 0 spiro atoms. The van der Waals surface area contributed by atoms with E-state index < -0.39 is 0 Å². The van der Waals surface area contributed by atoms with Crippen LogP contribution in [0.2, 0.25) is 0 Å². The van der Waals surface area contributed by atoms with Crippen molar-refractivity contribution in [3.8, 4) is 0 Å². The smallest absolute Gasteiger partial charge is 0.0191 e. The van der Waals surface area contributed by atoms with Crippen molar-refractivity contribution in [1.29, 1.82) is 0 Å². The maximum atomic E-state index is 5.76. The van der Waals surface area contributed by atoms with E-state index in [4.69, 9.17) is 5.73 Å². The summed E-state index contributed by atoms with van der Waals surface area (Å²) < 4.78 is 0. The lowest BCUT2D eigenvalue weighted by Gasteiger charge is -2.44. The van der Waals surface area contributed by atoms with Crippen molar-refractivity contribution < 1.29 is 0 Å². The first-order valence-electron chi connectivity index (χ1n) is 7.78. The number of hydrogen-bond acceptors (Lipinski definition) is 3. The predicted octanol–water partition coefficient (Wildman–Crippen LogP) is 1.78. The van der Waals surface area contributed by atoms with E-state index in [1.54, 1.807) is 0 Å². The summed E-state index contributed by atoms with van der Waals surface area (Å²) in [5.41, 5.74) is 5.76. The minimum atomic E-state index is 0.552. The molecular weight excluding hydrogens is 222 g/mol. The van der Waals surface area contributed by atoms with Gasteiger partial charge in [-0.1, -0.05) is 13.8 Å². The lowest BCUT2D eigenvalue weighted by atomic mass is 9.79. The second-order valence-corrected chi connectivity index (χ2v) is 6.73. The van der Waals surface area contributed by atoms with Gasteiger partial charge in [-0.2, -0.15) is 0 Å². The van der Waals surface area contributed by atoms with E-state index in [1.165, 1.54) is 45.4 Å². The van der Waals surface area contributed by atoms with Crippen molar-refractivity contribution in [3.63, 3.8) is 0 Å². The van der Waals surface area contributed by atoms with Gasteiger partial charge in [0, 0.05) is 44.8 Å². The first-order chi connectivity index (χ1) is 8.60. The van der Waals surface area contributed by atoms with Gasteiger partial charge in [0.1, 0.15) is 0 Å². The first-order valence-corrected chi connectivity index (χ1v) is 7.78. The maximum Gasteiger partial charge on any atom is 0.0191 e. The molecule has 0 amide bonds. The molecule has 1 saturated heterocycles. The Labute approximate surface area is 113 Å². The molecule has 3 atom stereocenters. The van der Waals surface area contributed by atoms with Crippen LogP contribution in [0.25, 0.3) is 0 Å². The second-order valence-electron chi connectivity index (χ2n) is 6.73. The average Bonchev–Trinajstić information content (AvgIpc) is 2.37. The quantitative estimate of drug-likeness (QED) is 0.832. The minimum absolute atomic E-state index is 0.552. The number of nitrogens with two attached hydrogens (primary N) is 1. The number of hydrogen-bond donors (Lipinski definition) is 1. The minimum Gasteiger partial charge on any atom is -0.329 e. The van der Waals surface area contributed by atoms with E-state index in [-0.39, 0.29) is 0 Å². The zero-order valence-electron chi connectivity index (χ0n) is 12.4. The van der Waals surface area contributed by atoms with Crippen LogP contribution in [-0.2, 0) is 0 Å². The number of piperazine rings is 1. The van der Waals surface area contributed by atoms with E-state index >= 15 is 0 Å². The van der Waals surface area contributed by atoms with Crippen molar-refractivity contribution in [3.05, 3.63) is 0 Å². The highest BCUT2D eigenvalue weighted by atomic mass is 15.3. The van der Waals surface area contributed by atoms with Crippen LogP contribution >= 0.6 is 0 Å². The molecule has 1 saturated carbocycles. The van der Waals surface area contributed by atoms with Crippen LogP contribution in [0.3, 0.4) is 0 Å². The topological polar surface area (TPSA) is 32.5 Å². The molecule has 1 heterocycles. The molecule has 0 aromatic heterocycles. The zero-order chi connectivity index (χ0) is 13.1. The fourth-order valence-electron chi connectivity index (χ4n) is 3.90. The Morgan fingerprint density at radius 3 is 2.06 bits per heavy atom. The lowest BCUT2D eigenvalue weighted by molar-refractivity contribution is 0.0440. The van der Waals surface area contributed by atoms with Crippen LogP contribution in [0.4, 0.5) is 0 Å². The van der Waals surface area contributed by atoms with Gasteiger partial charge < -0.3 is 5.73 Å². The Kier molecular flexibility index (Phi) is 5.05. The van der Waals surface area contributed by atoms with Crippen LogP contribution in [0.1, 0.15) is 40.0 Å². The maximum absolute atomic E-state index is 5.76. The summed E-state index contributed by atoms with van der Waals surface area (Å²) in [7, 11) is 0. The Bertz CT molecular complexity index is 238. The fourth-order valence-corrected chi connectivity index (χ4v) is 3.90. The van der Waals surface area contributed by atoms with Gasteiger partial charge >= 0.3 is 0 Å². The lowest BCUT2D eigenvalue weighted by Crippen LogP contribution is -2.54. The normalized spacial score (nSPS) is 37.7. The Morgan fingerprint density at radius 1 is 1.00 bits per heavy atom. The molecule has 2 rings (SSSR count). The summed E-state index contributed by atoms with van der Waals surface area (Å²) in [6.07, 6.45) is 4.26. The molecule has 2 fully saturated rings. The SMILES string of the molecule is CC1CC(C)CC(N2CCN(C(C)CN)CC2)C1. The first kappa shape index (κ1) is 14.3. The molecule has 0 bridgehead atoms. The Morgan fingerprint density at radius 2 is 1.56 bits per heavy atom. The largest absolute Gasteiger partial charge is 0.329 e. The molecule has 18 heavy (non-hydrogen) atoms. The molecule has 2 aliphatic rings. The van der Waals surface area contributed by atoms with Gasteiger partial charge in [-0.15, -0.1) is 0 Å². The Balaban J connectivity index is 1.82. The average molecular weight is 253 g/mol. The van der Waals surface area contributed by atoms with Crippen LogP contribution < -0.4 is 5.73 Å². The van der Waals surface area contributed by atoms with Crippen molar-refractivity contribution in [2.75, 3.05) is 32.7 Å². The highest BCUT2D eigenvalue weighted by Gasteiger charge is 2.30. The van der Waals surface area contributed by atoms with Crippen LogP contribution in [-0.4, -0.2) is 54.6 Å². The highest BCUT2D eigenvalue weighted by molar-refractivity contribution is 4.86. The summed E-state index contributed by atoms with van der Waals surface area (Å²) >= 11 is 0. The van der Waals surface area contributed by atoms with Crippen LogP contribution in [0.5, 0.6) is 0 Å². The molecule has 1 aliphatic carbocycles. The third-order valence-corrected chi connectivity index (χ3v) is 4.98. The van der Waals surface area contributed by atoms with Crippen molar-refractivity contribution >= 4 is 0 Å². The van der Waals surface area contributed by atoms with Crippen LogP contribution in [0, 0.1) is 11.8 Å². The van der Waals surface area contributed by atoms with Gasteiger partial charge in [0.15, 0.2) is 0 Å². The molecule has 3 nitrogen and oxygen atoms in total. The van der Waals surface area contributed by atoms with Crippen molar-refractivity contribution in [2.24, 2.45) is 17.6 Å². The second kappa shape index (κ2) is 6.36. The molecule has 0 aromatic carbocycles. The molecule has 1 aliphatic heterocycles. The predicted molar refractivity (Wildman–Crippen MR) is 77.6 cm³/mol. The third-order valence-electron chi connectivity index (χ3n) is 4.98. The van der Waals surface area contributed by atoms with Gasteiger partial charge in [-0.3, -0.25) is 9.80 Å². The van der Waals surface area contributed by atoms with Crippen molar-refractivity contribution in [1.82, 2.24) is 9.80 Å². The molecule has 3 heteroatoms. The summed E-state index contributed by atoms with van der Waals surface area (Å²) in [6.45, 7) is 12.8.